The highest BCUT2D eigenvalue weighted by Gasteiger charge is 2.38. The maximum Gasteiger partial charge on any atom is 0.0465 e. The summed E-state index contributed by atoms with van der Waals surface area (Å²) >= 11 is 0. The van der Waals surface area contributed by atoms with E-state index < -0.39 is 0 Å². The van der Waals surface area contributed by atoms with E-state index >= 15 is 0 Å². The fourth-order valence-corrected chi connectivity index (χ4v) is 11.8. The Bertz CT molecular complexity index is 3650. The van der Waals surface area contributed by atoms with Crippen molar-refractivity contribution in [1.29, 1.82) is 0 Å². The summed E-state index contributed by atoms with van der Waals surface area (Å²) in [5, 5.41) is 0. The molecule has 0 atom stereocenters. The van der Waals surface area contributed by atoms with Crippen molar-refractivity contribution in [2.75, 3.05) is 4.90 Å². The Labute approximate surface area is 430 Å². The summed E-state index contributed by atoms with van der Waals surface area (Å²) in [4.78, 5) is 2.47. The fraction of sp³-hybridized carbons (Fsp3) is 0.0833. The molecule has 348 valence electrons. The summed E-state index contributed by atoms with van der Waals surface area (Å²) in [6.45, 7) is 9.59. The zero-order valence-corrected chi connectivity index (χ0v) is 41.8. The van der Waals surface area contributed by atoms with Gasteiger partial charge >= 0.3 is 0 Å². The van der Waals surface area contributed by atoms with E-state index in [0.29, 0.717) is 0 Å². The molecule has 0 saturated heterocycles. The van der Waals surface area contributed by atoms with Crippen LogP contribution in [-0.2, 0) is 10.8 Å². The first-order valence-corrected chi connectivity index (χ1v) is 25.6. The Balaban J connectivity index is 0.872. The Morgan fingerprint density at radius 2 is 0.452 bits per heavy atom. The molecule has 0 heterocycles. The van der Waals surface area contributed by atoms with Crippen LogP contribution in [-0.4, -0.2) is 0 Å². The molecule has 73 heavy (non-hydrogen) atoms. The lowest BCUT2D eigenvalue weighted by Crippen LogP contribution is -2.18. The van der Waals surface area contributed by atoms with E-state index in [4.69, 9.17) is 0 Å². The second-order valence-corrected chi connectivity index (χ2v) is 20.9. The average molecular weight is 934 g/mol. The molecule has 0 bridgehead atoms. The van der Waals surface area contributed by atoms with Crippen LogP contribution in [0.5, 0.6) is 0 Å². The zero-order valence-electron chi connectivity index (χ0n) is 41.8. The average Bonchev–Trinajstić information content (AvgIpc) is 3.82. The second-order valence-electron chi connectivity index (χ2n) is 20.9. The highest BCUT2D eigenvalue weighted by molar-refractivity contribution is 5.91. The van der Waals surface area contributed by atoms with Crippen LogP contribution >= 0.6 is 0 Å². The molecule has 2 aliphatic carbocycles. The van der Waals surface area contributed by atoms with Crippen molar-refractivity contribution >= 4 is 17.1 Å². The first-order valence-electron chi connectivity index (χ1n) is 25.6. The van der Waals surface area contributed by atoms with Gasteiger partial charge in [0.1, 0.15) is 0 Å². The van der Waals surface area contributed by atoms with Crippen molar-refractivity contribution in [2.24, 2.45) is 0 Å². The van der Waals surface area contributed by atoms with Crippen LogP contribution < -0.4 is 4.90 Å². The van der Waals surface area contributed by atoms with Gasteiger partial charge in [-0.2, -0.15) is 0 Å². The van der Waals surface area contributed by atoms with E-state index in [0.717, 1.165) is 17.1 Å². The number of anilines is 3. The molecule has 0 aromatic heterocycles. The van der Waals surface area contributed by atoms with Crippen LogP contribution in [0.25, 0.3) is 89.0 Å². The molecule has 0 N–H and O–H groups in total. The molecule has 11 aromatic carbocycles. The highest BCUT2D eigenvalue weighted by atomic mass is 15.1. The van der Waals surface area contributed by atoms with Crippen molar-refractivity contribution in [3.8, 4) is 89.0 Å². The Hall–Kier alpha value is -8.78. The van der Waals surface area contributed by atoms with Gasteiger partial charge in [0.2, 0.25) is 0 Å². The van der Waals surface area contributed by atoms with Gasteiger partial charge in [-0.25, -0.2) is 0 Å². The third kappa shape index (κ3) is 7.72. The van der Waals surface area contributed by atoms with Crippen molar-refractivity contribution < 1.29 is 0 Å². The normalized spacial score (nSPS) is 13.4. The van der Waals surface area contributed by atoms with E-state index in [9.17, 15) is 0 Å². The lowest BCUT2D eigenvalue weighted by molar-refractivity contribution is 0.660. The molecule has 2 aliphatic rings. The number of nitrogens with zero attached hydrogens (tertiary/aromatic N) is 1. The fourth-order valence-electron chi connectivity index (χ4n) is 11.8. The van der Waals surface area contributed by atoms with Gasteiger partial charge in [0.25, 0.3) is 0 Å². The molecule has 1 nitrogen and oxygen atoms in total. The quantitative estimate of drug-likeness (QED) is 0.139. The minimum Gasteiger partial charge on any atom is -0.310 e. The Kier molecular flexibility index (Phi) is 10.6. The monoisotopic (exact) mass is 933 g/mol. The lowest BCUT2D eigenvalue weighted by atomic mass is 9.81. The summed E-state index contributed by atoms with van der Waals surface area (Å²) in [6, 6.07) is 96.5. The second kappa shape index (κ2) is 17.5. The van der Waals surface area contributed by atoms with Crippen molar-refractivity contribution in [1.82, 2.24) is 0 Å². The van der Waals surface area contributed by atoms with Crippen molar-refractivity contribution in [3.63, 3.8) is 0 Å². The summed E-state index contributed by atoms with van der Waals surface area (Å²) in [7, 11) is 0. The molecule has 11 aromatic rings. The first-order chi connectivity index (χ1) is 35.7. The van der Waals surface area contributed by atoms with Crippen LogP contribution in [0, 0.1) is 0 Å². The molecule has 0 amide bonds. The van der Waals surface area contributed by atoms with Gasteiger partial charge in [0, 0.05) is 27.9 Å². The topological polar surface area (TPSA) is 3.24 Å². The Morgan fingerprint density at radius 3 is 0.836 bits per heavy atom. The van der Waals surface area contributed by atoms with Crippen LogP contribution in [0.3, 0.4) is 0 Å². The van der Waals surface area contributed by atoms with Crippen molar-refractivity contribution in [2.45, 2.75) is 38.5 Å². The van der Waals surface area contributed by atoms with E-state index in [2.05, 4.69) is 293 Å². The van der Waals surface area contributed by atoms with E-state index in [1.54, 1.807) is 0 Å². The SMILES string of the molecule is CC1(C)c2cc(-c3ccc(-c4ccccc4)cc3)ccc2-c2ccc(N(c3ccc(-c4cccc(-c5ccccc5)c4)cc3)c3ccc4c(c3)C(C)(C)c3cc(-c5ccc(-c6ccccc6)cc5)ccc3-4)cc21. The summed E-state index contributed by atoms with van der Waals surface area (Å²) < 4.78 is 0. The molecule has 0 unspecified atom stereocenters. The predicted molar refractivity (Wildman–Crippen MR) is 309 cm³/mol. The van der Waals surface area contributed by atoms with Gasteiger partial charge in [-0.1, -0.05) is 234 Å². The molecular weight excluding hydrogens is 879 g/mol. The van der Waals surface area contributed by atoms with Crippen LogP contribution in [0.15, 0.2) is 261 Å². The van der Waals surface area contributed by atoms with Crippen LogP contribution in [0.1, 0.15) is 49.9 Å². The van der Waals surface area contributed by atoms with E-state index in [1.165, 1.54) is 111 Å². The summed E-state index contributed by atoms with van der Waals surface area (Å²) in [6.07, 6.45) is 0. The molecular formula is C72H55N. The van der Waals surface area contributed by atoms with Gasteiger partial charge in [0.05, 0.1) is 0 Å². The van der Waals surface area contributed by atoms with Crippen LogP contribution in [0.2, 0.25) is 0 Å². The molecule has 0 saturated carbocycles. The predicted octanol–water partition coefficient (Wildman–Crippen LogP) is 19.8. The minimum absolute atomic E-state index is 0.221. The highest BCUT2D eigenvalue weighted by Crippen LogP contribution is 2.54. The summed E-state index contributed by atoms with van der Waals surface area (Å²) in [5.41, 5.74) is 28.3. The zero-order chi connectivity index (χ0) is 49.3. The first kappa shape index (κ1) is 44.2. The summed E-state index contributed by atoms with van der Waals surface area (Å²) in [5.74, 6) is 0. The van der Waals surface area contributed by atoms with Crippen LogP contribution in [0.4, 0.5) is 17.1 Å². The van der Waals surface area contributed by atoms with Gasteiger partial charge in [-0.3, -0.25) is 0 Å². The van der Waals surface area contributed by atoms with E-state index in [-0.39, 0.29) is 10.8 Å². The van der Waals surface area contributed by atoms with Gasteiger partial charge < -0.3 is 4.90 Å². The molecule has 0 radical (unpaired) electrons. The van der Waals surface area contributed by atoms with Gasteiger partial charge in [-0.05, 0) is 166 Å². The maximum atomic E-state index is 2.47. The van der Waals surface area contributed by atoms with E-state index in [1.807, 2.05) is 0 Å². The minimum atomic E-state index is -0.221. The third-order valence-electron chi connectivity index (χ3n) is 15.9. The van der Waals surface area contributed by atoms with Gasteiger partial charge in [-0.15, -0.1) is 0 Å². The number of fused-ring (bicyclic) bond motifs is 6. The molecule has 0 fully saturated rings. The Morgan fingerprint density at radius 1 is 0.205 bits per heavy atom. The number of hydrogen-bond acceptors (Lipinski definition) is 1. The number of benzene rings is 11. The molecule has 0 aliphatic heterocycles. The standard InChI is InChI=1S/C72H55N/c1-71(2)67-44-58(53-27-23-51(24-28-53)48-15-8-5-9-16-48)33-39-63(67)65-41-37-61(46-69(65)71)73(60-35-31-55(32-36-60)57-22-14-21-56(43-57)50-19-12-7-13-20-50)62-38-42-66-64-40-34-59(45-68(64)72(3,4)70(66)47-62)54-29-25-52(26-30-54)49-17-10-6-11-18-49/h5-47H,1-4H3. The lowest BCUT2D eigenvalue weighted by Gasteiger charge is -2.30. The molecule has 13 rings (SSSR count). The van der Waals surface area contributed by atoms with Gasteiger partial charge in [0.15, 0.2) is 0 Å². The molecule has 0 spiro atoms. The van der Waals surface area contributed by atoms with Crippen molar-refractivity contribution in [3.05, 3.63) is 283 Å². The maximum absolute atomic E-state index is 2.47. The molecule has 1 heteroatoms. The smallest absolute Gasteiger partial charge is 0.0465 e. The third-order valence-corrected chi connectivity index (χ3v) is 15.9. The number of rotatable bonds is 9. The largest absolute Gasteiger partial charge is 0.310 e. The number of hydrogen-bond donors (Lipinski definition) is 0.